The molecule has 0 radical (unpaired) electrons. The fourth-order valence-corrected chi connectivity index (χ4v) is 3.16. The molecule has 0 amide bonds. The van der Waals surface area contributed by atoms with Gasteiger partial charge in [-0.05, 0) is 30.4 Å². The highest BCUT2D eigenvalue weighted by Crippen LogP contribution is 2.31. The molecule has 18 heavy (non-hydrogen) atoms. The molecule has 0 aromatic heterocycles. The van der Waals surface area contributed by atoms with E-state index in [0.29, 0.717) is 10.8 Å². The summed E-state index contributed by atoms with van der Waals surface area (Å²) >= 11 is 0. The number of benzene rings is 1. The monoisotopic (exact) mass is 269 g/mol. The van der Waals surface area contributed by atoms with Gasteiger partial charge in [0, 0.05) is 0 Å². The number of primary sulfonamides is 1. The van der Waals surface area contributed by atoms with Gasteiger partial charge in [-0.15, -0.1) is 0 Å². The predicted molar refractivity (Wildman–Crippen MR) is 75.0 cm³/mol. The SMILES string of the molecule is CCCCC(CCC)c1ccccc1S(N)(=O)=O. The summed E-state index contributed by atoms with van der Waals surface area (Å²) in [5.74, 6) is 0.296. The molecule has 0 saturated carbocycles. The Morgan fingerprint density at radius 3 is 2.33 bits per heavy atom. The van der Waals surface area contributed by atoms with E-state index in [1.54, 1.807) is 12.1 Å². The molecule has 102 valence electrons. The topological polar surface area (TPSA) is 60.2 Å². The second-order valence-corrected chi connectivity index (χ2v) is 6.24. The predicted octanol–water partition coefficient (Wildman–Crippen LogP) is 3.41. The van der Waals surface area contributed by atoms with Crippen LogP contribution < -0.4 is 5.14 Å². The van der Waals surface area contributed by atoms with Crippen LogP contribution in [0.25, 0.3) is 0 Å². The molecular weight excluding hydrogens is 246 g/mol. The summed E-state index contributed by atoms with van der Waals surface area (Å²) in [7, 11) is -3.62. The zero-order valence-corrected chi connectivity index (χ0v) is 12.0. The van der Waals surface area contributed by atoms with Crippen molar-refractivity contribution in [2.75, 3.05) is 0 Å². The molecule has 0 saturated heterocycles. The molecule has 0 fully saturated rings. The molecule has 0 aliphatic heterocycles. The lowest BCUT2D eigenvalue weighted by Crippen LogP contribution is -2.16. The lowest BCUT2D eigenvalue weighted by atomic mass is 9.90. The third-order valence-electron chi connectivity index (χ3n) is 3.21. The van der Waals surface area contributed by atoms with E-state index in [1.807, 2.05) is 12.1 Å². The molecule has 1 rings (SSSR count). The fraction of sp³-hybridized carbons (Fsp3) is 0.571. The van der Waals surface area contributed by atoms with E-state index < -0.39 is 10.0 Å². The highest BCUT2D eigenvalue weighted by molar-refractivity contribution is 7.89. The van der Waals surface area contributed by atoms with Gasteiger partial charge in [0.15, 0.2) is 0 Å². The summed E-state index contributed by atoms with van der Waals surface area (Å²) in [6, 6.07) is 7.12. The zero-order valence-electron chi connectivity index (χ0n) is 11.2. The molecule has 0 bridgehead atoms. The van der Waals surface area contributed by atoms with Gasteiger partial charge in [0.25, 0.3) is 0 Å². The smallest absolute Gasteiger partial charge is 0.225 e. The molecule has 0 heterocycles. The maximum Gasteiger partial charge on any atom is 0.238 e. The second-order valence-electron chi connectivity index (χ2n) is 4.71. The minimum Gasteiger partial charge on any atom is -0.225 e. The van der Waals surface area contributed by atoms with Crippen LogP contribution in [0.2, 0.25) is 0 Å². The Balaban J connectivity index is 3.11. The molecule has 1 aromatic rings. The van der Waals surface area contributed by atoms with Crippen molar-refractivity contribution in [3.63, 3.8) is 0 Å². The molecule has 1 unspecified atom stereocenters. The van der Waals surface area contributed by atoms with Gasteiger partial charge in [-0.25, -0.2) is 13.6 Å². The highest BCUT2D eigenvalue weighted by Gasteiger charge is 2.19. The number of hydrogen-bond donors (Lipinski definition) is 1. The van der Waals surface area contributed by atoms with Gasteiger partial charge >= 0.3 is 0 Å². The average molecular weight is 269 g/mol. The molecule has 3 nitrogen and oxygen atoms in total. The van der Waals surface area contributed by atoms with Crippen molar-refractivity contribution < 1.29 is 8.42 Å². The van der Waals surface area contributed by atoms with Crippen LogP contribution in [0.5, 0.6) is 0 Å². The van der Waals surface area contributed by atoms with Gasteiger partial charge in [0.2, 0.25) is 10.0 Å². The molecular formula is C14H23NO2S. The average Bonchev–Trinajstić information content (AvgIpc) is 2.33. The summed E-state index contributed by atoms with van der Waals surface area (Å²) in [5, 5.41) is 5.29. The third kappa shape index (κ3) is 4.10. The number of unbranched alkanes of at least 4 members (excludes halogenated alkanes) is 1. The fourth-order valence-electron chi connectivity index (χ4n) is 2.33. The van der Waals surface area contributed by atoms with Crippen LogP contribution in [0.1, 0.15) is 57.4 Å². The van der Waals surface area contributed by atoms with Gasteiger partial charge in [0.1, 0.15) is 0 Å². The van der Waals surface area contributed by atoms with E-state index in [1.165, 1.54) is 0 Å². The first-order valence-electron chi connectivity index (χ1n) is 6.62. The molecule has 1 atom stereocenters. The van der Waals surface area contributed by atoms with Crippen LogP contribution >= 0.6 is 0 Å². The maximum atomic E-state index is 11.6. The van der Waals surface area contributed by atoms with Crippen LogP contribution in [0, 0.1) is 0 Å². The molecule has 1 aromatic carbocycles. The lowest BCUT2D eigenvalue weighted by molar-refractivity contribution is 0.530. The van der Waals surface area contributed by atoms with Gasteiger partial charge in [-0.1, -0.05) is 51.3 Å². The minimum atomic E-state index is -3.62. The van der Waals surface area contributed by atoms with E-state index in [2.05, 4.69) is 13.8 Å². The number of hydrogen-bond acceptors (Lipinski definition) is 2. The molecule has 2 N–H and O–H groups in total. The van der Waals surface area contributed by atoms with E-state index in [9.17, 15) is 8.42 Å². The van der Waals surface area contributed by atoms with E-state index >= 15 is 0 Å². The molecule has 0 aliphatic carbocycles. The summed E-state index contributed by atoms with van der Waals surface area (Å²) in [6.45, 7) is 4.27. The van der Waals surface area contributed by atoms with Crippen molar-refractivity contribution in [3.05, 3.63) is 29.8 Å². The van der Waals surface area contributed by atoms with Crippen molar-refractivity contribution in [1.29, 1.82) is 0 Å². The second kappa shape index (κ2) is 6.90. The molecule has 0 spiro atoms. The van der Waals surface area contributed by atoms with Crippen molar-refractivity contribution in [2.24, 2.45) is 5.14 Å². The first-order valence-corrected chi connectivity index (χ1v) is 8.17. The van der Waals surface area contributed by atoms with E-state index in [-0.39, 0.29) is 0 Å². The Labute approximate surface area is 110 Å². The Kier molecular flexibility index (Phi) is 5.82. The van der Waals surface area contributed by atoms with Gasteiger partial charge in [0.05, 0.1) is 4.90 Å². The summed E-state index contributed by atoms with van der Waals surface area (Å²) in [4.78, 5) is 0.291. The Hall–Kier alpha value is -0.870. The number of sulfonamides is 1. The summed E-state index contributed by atoms with van der Waals surface area (Å²) in [6.07, 6.45) is 5.32. The number of rotatable bonds is 7. The van der Waals surface area contributed by atoms with Gasteiger partial charge in [-0.3, -0.25) is 0 Å². The normalized spacial score (nSPS) is 13.5. The Morgan fingerprint density at radius 2 is 1.78 bits per heavy atom. The molecule has 0 aliphatic rings. The Bertz CT molecular complexity index is 468. The van der Waals surface area contributed by atoms with Crippen LogP contribution in [0.4, 0.5) is 0 Å². The summed E-state index contributed by atoms with van der Waals surface area (Å²) < 4.78 is 23.2. The minimum absolute atomic E-state index is 0.291. The van der Waals surface area contributed by atoms with Crippen molar-refractivity contribution in [3.8, 4) is 0 Å². The standard InChI is InChI=1S/C14H23NO2S/c1-3-5-9-12(8-4-2)13-10-6-7-11-14(13)18(15,16)17/h6-7,10-12H,3-5,8-9H2,1-2H3,(H2,15,16,17). The highest BCUT2D eigenvalue weighted by atomic mass is 32.2. The van der Waals surface area contributed by atoms with Crippen LogP contribution in [-0.4, -0.2) is 8.42 Å². The quantitative estimate of drug-likeness (QED) is 0.824. The van der Waals surface area contributed by atoms with Crippen LogP contribution in [0.15, 0.2) is 29.2 Å². The van der Waals surface area contributed by atoms with E-state index in [0.717, 1.165) is 37.7 Å². The Morgan fingerprint density at radius 1 is 1.11 bits per heavy atom. The van der Waals surface area contributed by atoms with E-state index in [4.69, 9.17) is 5.14 Å². The molecule has 4 heteroatoms. The first kappa shape index (κ1) is 15.2. The van der Waals surface area contributed by atoms with Crippen molar-refractivity contribution in [2.45, 2.75) is 56.8 Å². The van der Waals surface area contributed by atoms with Crippen LogP contribution in [-0.2, 0) is 10.0 Å². The maximum absolute atomic E-state index is 11.6. The largest absolute Gasteiger partial charge is 0.238 e. The first-order chi connectivity index (χ1) is 8.50. The van der Waals surface area contributed by atoms with Gasteiger partial charge in [-0.2, -0.15) is 0 Å². The van der Waals surface area contributed by atoms with Crippen LogP contribution in [0.3, 0.4) is 0 Å². The number of nitrogens with two attached hydrogens (primary N) is 1. The lowest BCUT2D eigenvalue weighted by Gasteiger charge is -2.19. The summed E-state index contributed by atoms with van der Waals surface area (Å²) in [5.41, 5.74) is 0.885. The van der Waals surface area contributed by atoms with Crippen molar-refractivity contribution >= 4 is 10.0 Å². The van der Waals surface area contributed by atoms with Gasteiger partial charge < -0.3 is 0 Å². The third-order valence-corrected chi connectivity index (χ3v) is 4.19. The van der Waals surface area contributed by atoms with Crippen molar-refractivity contribution in [1.82, 2.24) is 0 Å². The zero-order chi connectivity index (χ0) is 13.6.